The monoisotopic (exact) mass is 467 g/mol. The van der Waals surface area contributed by atoms with E-state index < -0.39 is 16.5 Å². The van der Waals surface area contributed by atoms with Gasteiger partial charge in [-0.2, -0.15) is 0 Å². The van der Waals surface area contributed by atoms with Crippen molar-refractivity contribution in [2.45, 2.75) is 31.0 Å². The summed E-state index contributed by atoms with van der Waals surface area (Å²) in [7, 11) is 0.168. The van der Waals surface area contributed by atoms with E-state index in [-0.39, 0.29) is 11.8 Å². The van der Waals surface area contributed by atoms with Gasteiger partial charge in [0, 0.05) is 37.3 Å². The van der Waals surface area contributed by atoms with Crippen molar-refractivity contribution < 1.29 is 28.2 Å². The number of allylic oxidation sites excluding steroid dienone is 2. The quantitative estimate of drug-likeness (QED) is 0.336. The van der Waals surface area contributed by atoms with Gasteiger partial charge in [-0.25, -0.2) is 4.98 Å². The highest BCUT2D eigenvalue weighted by Crippen LogP contribution is 2.61. The molecular formula is C20H25N3O6S2. The fourth-order valence-electron chi connectivity index (χ4n) is 2.59. The lowest BCUT2D eigenvalue weighted by Gasteiger charge is -2.30. The third-order valence-corrected chi connectivity index (χ3v) is 7.07. The Balaban J connectivity index is 1.82. The van der Waals surface area contributed by atoms with Gasteiger partial charge in [-0.05, 0) is 19.1 Å². The van der Waals surface area contributed by atoms with Crippen molar-refractivity contribution in [1.82, 2.24) is 4.98 Å². The van der Waals surface area contributed by atoms with E-state index in [4.69, 9.17) is 14.3 Å². The van der Waals surface area contributed by atoms with Gasteiger partial charge >= 0.3 is 0 Å². The number of methoxy groups -OCH3 is 2. The second kappa shape index (κ2) is 10.4. The van der Waals surface area contributed by atoms with Crippen LogP contribution in [0.15, 0.2) is 51.5 Å². The molecule has 0 bridgehead atoms. The summed E-state index contributed by atoms with van der Waals surface area (Å²) in [5.41, 5.74) is 0.486. The van der Waals surface area contributed by atoms with Crippen LogP contribution in [0.5, 0.6) is 0 Å². The second-order valence-corrected chi connectivity index (χ2v) is 9.99. The Labute approximate surface area is 186 Å². The van der Waals surface area contributed by atoms with Crippen molar-refractivity contribution >= 4 is 38.7 Å². The summed E-state index contributed by atoms with van der Waals surface area (Å²) >= 11 is 1.29. The molecule has 0 radical (unpaired) electrons. The maximum absolute atomic E-state index is 12.9. The van der Waals surface area contributed by atoms with Crippen LogP contribution in [-0.4, -0.2) is 52.6 Å². The van der Waals surface area contributed by atoms with Gasteiger partial charge < -0.3 is 14.3 Å². The molecule has 1 aromatic carbocycles. The number of rotatable bonds is 11. The van der Waals surface area contributed by atoms with Gasteiger partial charge in [0.2, 0.25) is 0 Å². The summed E-state index contributed by atoms with van der Waals surface area (Å²) < 4.78 is 30.8. The molecule has 1 aliphatic rings. The molecular weight excluding hydrogens is 442 g/mol. The zero-order valence-electron chi connectivity index (χ0n) is 17.4. The molecule has 1 atom stereocenters. The maximum Gasteiger partial charge on any atom is 0.280 e. The third kappa shape index (κ3) is 6.12. The Hall–Kier alpha value is -2.28. The highest BCUT2D eigenvalue weighted by atomic mass is 32.3. The zero-order chi connectivity index (χ0) is 22.4. The Bertz CT molecular complexity index is 972. The number of hydrogen-bond acceptors (Lipinski definition) is 9. The SMILES string of the molecule is COCc1cnc(NC(=O)C(=NO[C@H](C)COC)c2ccc(S(O)(O)C3=CC3)cc2)s1. The minimum absolute atomic E-state index is 0.0279. The van der Waals surface area contributed by atoms with Crippen LogP contribution in [0, 0.1) is 0 Å². The smallest absolute Gasteiger partial charge is 0.280 e. The highest BCUT2D eigenvalue weighted by molar-refractivity contribution is 8.27. The molecule has 0 saturated carbocycles. The van der Waals surface area contributed by atoms with E-state index in [1.807, 2.05) is 0 Å². The number of aromatic nitrogens is 1. The van der Waals surface area contributed by atoms with Gasteiger partial charge in [-0.3, -0.25) is 19.2 Å². The molecule has 1 aromatic heterocycles. The molecule has 0 saturated heterocycles. The van der Waals surface area contributed by atoms with Crippen molar-refractivity contribution in [3.05, 3.63) is 51.9 Å². The zero-order valence-corrected chi connectivity index (χ0v) is 19.0. The van der Waals surface area contributed by atoms with E-state index in [0.717, 1.165) is 4.88 Å². The first-order valence-corrected chi connectivity index (χ1v) is 11.8. The molecule has 0 unspecified atom stereocenters. The van der Waals surface area contributed by atoms with Gasteiger partial charge in [0.25, 0.3) is 5.91 Å². The molecule has 11 heteroatoms. The van der Waals surface area contributed by atoms with Gasteiger partial charge in [0.1, 0.15) is 6.10 Å². The number of oxime groups is 1. The van der Waals surface area contributed by atoms with Crippen molar-refractivity contribution in [3.63, 3.8) is 0 Å². The summed E-state index contributed by atoms with van der Waals surface area (Å²) in [6.45, 7) is 2.47. The number of thiazole rings is 1. The van der Waals surface area contributed by atoms with Crippen LogP contribution in [0.25, 0.3) is 0 Å². The summed E-state index contributed by atoms with van der Waals surface area (Å²) in [5, 5.41) is 7.16. The third-order valence-electron chi connectivity index (χ3n) is 4.19. The number of carbonyl (C=O) groups is 1. The Kier molecular flexibility index (Phi) is 7.81. The second-order valence-electron chi connectivity index (χ2n) is 6.78. The average molecular weight is 468 g/mol. The van der Waals surface area contributed by atoms with Crippen LogP contribution in [0.4, 0.5) is 5.13 Å². The number of benzene rings is 1. The molecule has 31 heavy (non-hydrogen) atoms. The molecule has 1 amide bonds. The predicted molar refractivity (Wildman–Crippen MR) is 121 cm³/mol. The standard InChI is InChI=1S/C20H25N3O6S2/c1-13(11-27-2)29-23-18(19(24)22-20-21-10-15(30-20)12-28-3)14-4-6-16(7-5-14)31(25,26)17-8-9-17/h4-8,10,13,25-26H,9,11-12H2,1-3H3,(H,21,22,24)/t13-/m1/s1. The Morgan fingerprint density at radius 3 is 2.61 bits per heavy atom. The van der Waals surface area contributed by atoms with Crippen LogP contribution in [0.3, 0.4) is 0 Å². The van der Waals surface area contributed by atoms with E-state index >= 15 is 0 Å². The lowest BCUT2D eigenvalue weighted by molar-refractivity contribution is -0.110. The molecule has 9 nitrogen and oxygen atoms in total. The summed E-state index contributed by atoms with van der Waals surface area (Å²) in [6.07, 6.45) is 3.64. The minimum Gasteiger partial charge on any atom is -0.390 e. The van der Waals surface area contributed by atoms with E-state index in [9.17, 15) is 13.9 Å². The molecule has 0 spiro atoms. The van der Waals surface area contributed by atoms with E-state index in [1.165, 1.54) is 11.3 Å². The van der Waals surface area contributed by atoms with Crippen molar-refractivity contribution in [3.8, 4) is 0 Å². The number of nitrogens with one attached hydrogen (secondary N) is 1. The van der Waals surface area contributed by atoms with Crippen molar-refractivity contribution in [2.75, 3.05) is 26.1 Å². The fourth-order valence-corrected chi connectivity index (χ4v) is 4.74. The van der Waals surface area contributed by atoms with Gasteiger partial charge in [0.05, 0.1) is 23.0 Å². The first kappa shape index (κ1) is 23.4. The fraction of sp³-hybridized carbons (Fsp3) is 0.350. The largest absolute Gasteiger partial charge is 0.390 e. The van der Waals surface area contributed by atoms with E-state index in [1.54, 1.807) is 57.7 Å². The maximum atomic E-state index is 12.9. The van der Waals surface area contributed by atoms with Gasteiger partial charge in [-0.15, -0.1) is 10.6 Å². The molecule has 168 valence electrons. The normalized spacial score (nSPS) is 15.3. The minimum atomic E-state index is -2.96. The first-order valence-electron chi connectivity index (χ1n) is 9.40. The van der Waals surface area contributed by atoms with Crippen LogP contribution in [-0.2, 0) is 25.7 Å². The lowest BCUT2D eigenvalue weighted by Crippen LogP contribution is -2.25. The Morgan fingerprint density at radius 1 is 1.29 bits per heavy atom. The van der Waals surface area contributed by atoms with Crippen molar-refractivity contribution in [1.29, 1.82) is 0 Å². The number of ether oxygens (including phenoxy) is 2. The Morgan fingerprint density at radius 2 is 2.00 bits per heavy atom. The lowest BCUT2D eigenvalue weighted by atomic mass is 10.1. The van der Waals surface area contributed by atoms with Crippen LogP contribution >= 0.6 is 21.9 Å². The topological polar surface area (TPSA) is 123 Å². The molecule has 1 aliphatic carbocycles. The van der Waals surface area contributed by atoms with E-state index in [2.05, 4.69) is 15.5 Å². The number of carbonyl (C=O) groups excluding carboxylic acids is 1. The number of anilines is 1. The van der Waals surface area contributed by atoms with Gasteiger partial charge in [0.15, 0.2) is 10.8 Å². The molecule has 1 heterocycles. The van der Waals surface area contributed by atoms with Crippen LogP contribution < -0.4 is 5.32 Å². The number of amides is 1. The number of nitrogens with zero attached hydrogens (tertiary/aromatic N) is 2. The summed E-state index contributed by atoms with van der Waals surface area (Å²) in [6, 6.07) is 6.36. The van der Waals surface area contributed by atoms with E-state index in [0.29, 0.717) is 40.1 Å². The highest BCUT2D eigenvalue weighted by Gasteiger charge is 2.27. The summed E-state index contributed by atoms with van der Waals surface area (Å²) in [4.78, 5) is 24.4. The first-order chi connectivity index (χ1) is 14.8. The summed E-state index contributed by atoms with van der Waals surface area (Å²) in [5.74, 6) is -0.507. The molecule has 0 fully saturated rings. The molecule has 3 N–H and O–H groups in total. The molecule has 3 rings (SSSR count). The molecule has 2 aromatic rings. The molecule has 0 aliphatic heterocycles. The van der Waals surface area contributed by atoms with Crippen molar-refractivity contribution in [2.24, 2.45) is 5.16 Å². The van der Waals surface area contributed by atoms with Crippen LogP contribution in [0.2, 0.25) is 0 Å². The van der Waals surface area contributed by atoms with Crippen LogP contribution in [0.1, 0.15) is 23.8 Å². The predicted octanol–water partition coefficient (Wildman–Crippen LogP) is 4.08. The number of hydrogen-bond donors (Lipinski definition) is 3. The van der Waals surface area contributed by atoms with Gasteiger partial charge in [-0.1, -0.05) is 34.7 Å². The average Bonchev–Trinajstić information content (AvgIpc) is 3.51.